The van der Waals surface area contributed by atoms with Crippen LogP contribution >= 0.6 is 0 Å². The summed E-state index contributed by atoms with van der Waals surface area (Å²) in [6.45, 7) is 10.8. The molecule has 8 heteroatoms. The van der Waals surface area contributed by atoms with Crippen LogP contribution in [0.3, 0.4) is 0 Å². The molecule has 3 aromatic carbocycles. The third-order valence-electron chi connectivity index (χ3n) is 11.5. The SMILES string of the molecule is C=C=C(OC(=O)C=C)C1CCC(C=CC2CCC(c3ccc(F)c(F)c3)CC2)CC1.CCOc1ccc(C#Cc2ccc(CCCCCCCOC(=O)C3CO3)cc2)cc1.[HH].[HH].[HH]. The van der Waals surface area contributed by atoms with E-state index in [4.69, 9.17) is 18.9 Å². The Balaban J connectivity index is 0.000000414. The topological polar surface area (TPSA) is 74.4 Å². The van der Waals surface area contributed by atoms with E-state index in [0.29, 0.717) is 43.3 Å². The molecule has 0 N–H and O–H groups in total. The van der Waals surface area contributed by atoms with Crippen LogP contribution in [0.15, 0.2) is 110 Å². The number of allylic oxidation sites excluding steroid dienone is 3. The van der Waals surface area contributed by atoms with E-state index in [2.05, 4.69) is 67.1 Å². The largest absolute Gasteiger partial charge is 0.494 e. The first kappa shape index (κ1) is 45.9. The molecule has 2 aliphatic carbocycles. The van der Waals surface area contributed by atoms with Gasteiger partial charge in [-0.3, -0.25) is 0 Å². The monoisotopic (exact) mass is 824 g/mol. The smallest absolute Gasteiger partial charge is 0.337 e. The van der Waals surface area contributed by atoms with E-state index in [0.717, 1.165) is 99.1 Å². The maximum Gasteiger partial charge on any atom is 0.337 e. The second-order valence-corrected chi connectivity index (χ2v) is 15.9. The van der Waals surface area contributed by atoms with Gasteiger partial charge in [0.05, 0.1) is 19.8 Å². The lowest BCUT2D eigenvalue weighted by atomic mass is 9.77. The van der Waals surface area contributed by atoms with E-state index < -0.39 is 17.6 Å². The zero-order valence-corrected chi connectivity index (χ0v) is 35.1. The Hall–Kier alpha value is -5.22. The fourth-order valence-corrected chi connectivity index (χ4v) is 7.82. The average Bonchev–Trinajstić information content (AvgIpc) is 4.14. The Labute approximate surface area is 360 Å². The van der Waals surface area contributed by atoms with Gasteiger partial charge < -0.3 is 18.9 Å². The maximum absolute atomic E-state index is 13.5. The quantitative estimate of drug-likeness (QED) is 0.0197. The van der Waals surface area contributed by atoms with Crippen LogP contribution in [0, 0.1) is 41.2 Å². The van der Waals surface area contributed by atoms with Crippen molar-refractivity contribution in [3.05, 3.63) is 143 Å². The molecule has 1 unspecified atom stereocenters. The zero-order valence-electron chi connectivity index (χ0n) is 35.1. The molecule has 3 aromatic rings. The number of hydrogen-bond acceptors (Lipinski definition) is 6. The van der Waals surface area contributed by atoms with Crippen LogP contribution in [0.5, 0.6) is 5.75 Å². The number of esters is 2. The summed E-state index contributed by atoms with van der Waals surface area (Å²) in [4.78, 5) is 22.7. The summed E-state index contributed by atoms with van der Waals surface area (Å²) < 4.78 is 47.4. The Kier molecular flexibility index (Phi) is 18.9. The van der Waals surface area contributed by atoms with Crippen molar-refractivity contribution in [3.8, 4) is 17.6 Å². The van der Waals surface area contributed by atoms with Crippen LogP contribution in [0.4, 0.5) is 8.78 Å². The molecule has 1 atom stereocenters. The zero-order chi connectivity index (χ0) is 42.5. The molecule has 3 fully saturated rings. The molecule has 2 saturated carbocycles. The summed E-state index contributed by atoms with van der Waals surface area (Å²) in [6.07, 6.45) is 20.4. The Bertz CT molecular complexity index is 1980. The van der Waals surface area contributed by atoms with Crippen LogP contribution in [0.1, 0.15) is 123 Å². The Morgan fingerprint density at radius 1 is 0.800 bits per heavy atom. The minimum atomic E-state index is -0.778. The molecule has 60 heavy (non-hydrogen) atoms. The van der Waals surface area contributed by atoms with Crippen molar-refractivity contribution in [2.75, 3.05) is 19.8 Å². The lowest BCUT2D eigenvalue weighted by molar-refractivity contribution is -0.145. The fourth-order valence-electron chi connectivity index (χ4n) is 7.82. The fraction of sp³-hybridized carbons (Fsp3) is 0.442. The van der Waals surface area contributed by atoms with Gasteiger partial charge in [-0.2, -0.15) is 0 Å². The van der Waals surface area contributed by atoms with Crippen molar-refractivity contribution in [1.29, 1.82) is 0 Å². The molecule has 1 heterocycles. The van der Waals surface area contributed by atoms with Gasteiger partial charge in [0.25, 0.3) is 0 Å². The van der Waals surface area contributed by atoms with Crippen molar-refractivity contribution in [2.45, 2.75) is 109 Å². The summed E-state index contributed by atoms with van der Waals surface area (Å²) in [5.41, 5.74) is 7.05. The van der Waals surface area contributed by atoms with E-state index >= 15 is 0 Å². The summed E-state index contributed by atoms with van der Waals surface area (Å²) in [6, 6.07) is 20.7. The number of epoxide rings is 1. The molecular formula is C52H66F2O6. The number of carbonyl (C=O) groups excluding carboxylic acids is 2. The second-order valence-electron chi connectivity index (χ2n) is 15.9. The van der Waals surface area contributed by atoms with Gasteiger partial charge in [0.2, 0.25) is 0 Å². The first-order valence-electron chi connectivity index (χ1n) is 21.7. The Morgan fingerprint density at radius 3 is 1.98 bits per heavy atom. The number of ether oxygens (including phenoxy) is 4. The second kappa shape index (κ2) is 24.8. The Morgan fingerprint density at radius 2 is 1.40 bits per heavy atom. The van der Waals surface area contributed by atoms with Gasteiger partial charge in [0.15, 0.2) is 23.5 Å². The molecule has 3 aliphatic rings. The molecule has 1 saturated heterocycles. The number of hydrogen-bond donors (Lipinski definition) is 0. The third-order valence-corrected chi connectivity index (χ3v) is 11.5. The first-order valence-corrected chi connectivity index (χ1v) is 21.7. The highest BCUT2D eigenvalue weighted by atomic mass is 19.2. The normalized spacial score (nSPS) is 20.6. The number of carbonyl (C=O) groups is 2. The highest BCUT2D eigenvalue weighted by Gasteiger charge is 2.32. The van der Waals surface area contributed by atoms with E-state index in [-0.39, 0.29) is 22.3 Å². The van der Waals surface area contributed by atoms with Gasteiger partial charge in [0, 0.05) is 27.4 Å². The number of unbranched alkanes of at least 4 members (excludes halogenated alkanes) is 4. The summed E-state index contributed by atoms with van der Waals surface area (Å²) in [5, 5.41) is 0. The van der Waals surface area contributed by atoms with Gasteiger partial charge in [-0.25, -0.2) is 18.4 Å². The van der Waals surface area contributed by atoms with E-state index in [9.17, 15) is 18.4 Å². The molecule has 0 amide bonds. The molecular weight excluding hydrogens is 759 g/mol. The highest BCUT2D eigenvalue weighted by molar-refractivity contribution is 5.82. The molecule has 1 aliphatic heterocycles. The summed E-state index contributed by atoms with van der Waals surface area (Å²) >= 11 is 0. The van der Waals surface area contributed by atoms with Gasteiger partial charge in [0.1, 0.15) is 5.75 Å². The van der Waals surface area contributed by atoms with Crippen LogP contribution in [0.25, 0.3) is 0 Å². The predicted molar refractivity (Wildman–Crippen MR) is 238 cm³/mol. The first-order chi connectivity index (χ1) is 29.2. The van der Waals surface area contributed by atoms with Crippen molar-refractivity contribution in [1.82, 2.24) is 0 Å². The molecule has 0 spiro atoms. The van der Waals surface area contributed by atoms with E-state index in [1.807, 2.05) is 31.2 Å². The minimum Gasteiger partial charge on any atom is -0.494 e. The maximum atomic E-state index is 13.5. The average molecular weight is 825 g/mol. The van der Waals surface area contributed by atoms with Crippen LogP contribution in [0.2, 0.25) is 0 Å². The van der Waals surface area contributed by atoms with Crippen molar-refractivity contribution < 1.29 is 41.6 Å². The lowest BCUT2D eigenvalue weighted by Crippen LogP contribution is -2.18. The van der Waals surface area contributed by atoms with Gasteiger partial charge in [-0.05, 0) is 155 Å². The van der Waals surface area contributed by atoms with Crippen LogP contribution in [-0.2, 0) is 30.2 Å². The highest BCUT2D eigenvalue weighted by Crippen LogP contribution is 2.38. The minimum absolute atomic E-state index is 0. The predicted octanol–water partition coefficient (Wildman–Crippen LogP) is 12.7. The van der Waals surface area contributed by atoms with E-state index in [1.54, 1.807) is 6.07 Å². The third kappa shape index (κ3) is 15.8. The summed E-state index contributed by atoms with van der Waals surface area (Å²) in [7, 11) is 0. The molecule has 6 nitrogen and oxygen atoms in total. The van der Waals surface area contributed by atoms with Gasteiger partial charge >= 0.3 is 11.9 Å². The van der Waals surface area contributed by atoms with Crippen molar-refractivity contribution in [2.24, 2.45) is 17.8 Å². The molecule has 0 bridgehead atoms. The van der Waals surface area contributed by atoms with Crippen LogP contribution < -0.4 is 4.74 Å². The van der Waals surface area contributed by atoms with Gasteiger partial charge in [-0.15, -0.1) is 0 Å². The van der Waals surface area contributed by atoms with E-state index in [1.165, 1.54) is 37.0 Å². The van der Waals surface area contributed by atoms with Crippen molar-refractivity contribution in [3.63, 3.8) is 0 Å². The molecule has 0 aromatic heterocycles. The summed E-state index contributed by atoms with van der Waals surface area (Å²) in [5.74, 6) is 7.26. The van der Waals surface area contributed by atoms with Gasteiger partial charge in [-0.1, -0.05) is 80.3 Å². The lowest BCUT2D eigenvalue weighted by Gasteiger charge is -2.29. The molecule has 0 radical (unpaired) electrons. The number of rotatable bonds is 17. The van der Waals surface area contributed by atoms with Crippen LogP contribution in [-0.4, -0.2) is 37.9 Å². The number of aryl methyl sites for hydroxylation is 1. The number of halogens is 2. The molecule has 6 rings (SSSR count). The number of benzene rings is 3. The molecule has 324 valence electrons. The standard InChI is InChI=1S/C26H30F2O2.C26H30O4.3H2/c1-3-25(30-26(29)4-2)21-13-9-19(10-14-21)6-5-18-7-11-20(12-8-18)22-15-16-23(27)24(28)17-22;1-2-28-24-17-15-23(16-18-24)14-13-22-11-9-21(10-12-22)8-6-4-3-5-7-19-29-26(27)25-20-30-25;;;/h4-6,15-21H,1-2,7-14H2;9-12,15-18,25H,2-8,19-20H2,1H3;3*1H. The van der Waals surface area contributed by atoms with Crippen molar-refractivity contribution >= 4 is 11.9 Å².